The molecular weight excluding hydrogens is 452 g/mol. The van der Waals surface area contributed by atoms with E-state index in [1.165, 1.54) is 0 Å². The molecular formula is C23H15ClN2O7. The number of fused-ring (bicyclic) bond motifs is 1. The molecule has 166 valence electrons. The number of hydrogen-bond donors (Lipinski definition) is 0. The summed E-state index contributed by atoms with van der Waals surface area (Å²) < 4.78 is 11.7. The number of halogens is 1. The summed E-state index contributed by atoms with van der Waals surface area (Å²) >= 11 is 5.97. The van der Waals surface area contributed by atoms with Gasteiger partial charge in [-0.1, -0.05) is 24.6 Å². The predicted molar refractivity (Wildman–Crippen MR) is 122 cm³/mol. The van der Waals surface area contributed by atoms with Crippen LogP contribution in [0.2, 0.25) is 5.02 Å². The van der Waals surface area contributed by atoms with Gasteiger partial charge in [-0.15, -0.1) is 0 Å². The third-order valence-corrected chi connectivity index (χ3v) is 5.24. The van der Waals surface area contributed by atoms with Gasteiger partial charge in [0, 0.05) is 16.7 Å². The summed E-state index contributed by atoms with van der Waals surface area (Å²) in [6.45, 7) is 1.93. The Bertz CT molecular complexity index is 1460. The molecule has 0 fully saturated rings. The second kappa shape index (κ2) is 8.71. The number of benzene rings is 3. The maximum Gasteiger partial charge on any atom is 0.318 e. The molecule has 9 nitrogen and oxygen atoms in total. The van der Waals surface area contributed by atoms with E-state index in [1.807, 2.05) is 13.0 Å². The smallest absolute Gasteiger partial charge is 0.318 e. The molecule has 0 unspecified atom stereocenters. The van der Waals surface area contributed by atoms with E-state index in [0.29, 0.717) is 22.6 Å². The zero-order chi connectivity index (χ0) is 23.7. The number of nitro groups is 2. The first kappa shape index (κ1) is 22.0. The molecule has 0 spiro atoms. The van der Waals surface area contributed by atoms with Crippen LogP contribution >= 0.6 is 11.6 Å². The van der Waals surface area contributed by atoms with Crippen LogP contribution in [-0.4, -0.2) is 9.85 Å². The second-order valence-corrected chi connectivity index (χ2v) is 7.49. The number of aryl methyl sites for hydroxylation is 1. The van der Waals surface area contributed by atoms with E-state index in [-0.39, 0.29) is 22.6 Å². The monoisotopic (exact) mass is 466 g/mol. The first-order chi connectivity index (χ1) is 15.8. The van der Waals surface area contributed by atoms with Gasteiger partial charge < -0.3 is 9.15 Å². The van der Waals surface area contributed by atoms with Gasteiger partial charge in [-0.05, 0) is 54.4 Å². The normalized spacial score (nSPS) is 10.8. The van der Waals surface area contributed by atoms with Gasteiger partial charge in [-0.3, -0.25) is 25.0 Å². The zero-order valence-corrected chi connectivity index (χ0v) is 17.9. The van der Waals surface area contributed by atoms with Crippen molar-refractivity contribution in [2.45, 2.75) is 13.3 Å². The molecule has 0 bridgehead atoms. The topological polar surface area (TPSA) is 126 Å². The maximum atomic E-state index is 13.4. The van der Waals surface area contributed by atoms with Gasteiger partial charge in [-0.25, -0.2) is 0 Å². The second-order valence-electron chi connectivity index (χ2n) is 7.05. The molecule has 0 atom stereocenters. The van der Waals surface area contributed by atoms with Crippen LogP contribution in [0.15, 0.2) is 69.9 Å². The number of ether oxygens (including phenoxy) is 1. The van der Waals surface area contributed by atoms with E-state index in [1.54, 1.807) is 36.4 Å². The fourth-order valence-electron chi connectivity index (χ4n) is 3.29. The number of nitrogens with zero attached hydrogens (tertiary/aromatic N) is 2. The quantitative estimate of drug-likeness (QED) is 0.241. The van der Waals surface area contributed by atoms with E-state index < -0.39 is 26.7 Å². The highest BCUT2D eigenvalue weighted by atomic mass is 35.5. The fourth-order valence-corrected chi connectivity index (χ4v) is 3.41. The van der Waals surface area contributed by atoms with Crippen LogP contribution in [0.3, 0.4) is 0 Å². The van der Waals surface area contributed by atoms with Crippen LogP contribution in [0.1, 0.15) is 12.5 Å². The molecule has 10 heteroatoms. The average molecular weight is 467 g/mol. The summed E-state index contributed by atoms with van der Waals surface area (Å²) in [7, 11) is 0. The highest BCUT2D eigenvalue weighted by Crippen LogP contribution is 2.38. The average Bonchev–Trinajstić information content (AvgIpc) is 2.81. The summed E-state index contributed by atoms with van der Waals surface area (Å²) in [5, 5.41) is 23.3. The van der Waals surface area contributed by atoms with Gasteiger partial charge in [0.05, 0.1) is 21.3 Å². The Kier molecular flexibility index (Phi) is 5.80. The Hall–Kier alpha value is -4.24. The zero-order valence-electron chi connectivity index (χ0n) is 17.1. The van der Waals surface area contributed by atoms with Crippen LogP contribution < -0.4 is 10.2 Å². The number of hydrogen-bond acceptors (Lipinski definition) is 7. The van der Waals surface area contributed by atoms with Gasteiger partial charge in [-0.2, -0.15) is 0 Å². The van der Waals surface area contributed by atoms with E-state index in [9.17, 15) is 25.0 Å². The van der Waals surface area contributed by atoms with Crippen molar-refractivity contribution >= 4 is 33.9 Å². The van der Waals surface area contributed by atoms with Gasteiger partial charge in [0.1, 0.15) is 5.58 Å². The number of nitro benzene ring substituents is 2. The van der Waals surface area contributed by atoms with Crippen molar-refractivity contribution in [3.8, 4) is 22.8 Å². The predicted octanol–water partition coefficient (Wildman–Crippen LogP) is 6.28. The van der Waals surface area contributed by atoms with Crippen molar-refractivity contribution in [1.29, 1.82) is 0 Å². The van der Waals surface area contributed by atoms with Crippen molar-refractivity contribution in [1.82, 2.24) is 0 Å². The molecule has 0 radical (unpaired) electrons. The van der Waals surface area contributed by atoms with Crippen LogP contribution in [-0.2, 0) is 6.42 Å². The largest absolute Gasteiger partial charge is 0.452 e. The first-order valence-corrected chi connectivity index (χ1v) is 10.1. The summed E-state index contributed by atoms with van der Waals surface area (Å²) in [5.41, 5.74) is -0.0196. The van der Waals surface area contributed by atoms with E-state index in [2.05, 4.69) is 0 Å². The van der Waals surface area contributed by atoms with Gasteiger partial charge >= 0.3 is 5.69 Å². The molecule has 33 heavy (non-hydrogen) atoms. The summed E-state index contributed by atoms with van der Waals surface area (Å²) in [6.07, 6.45) is 0.679. The minimum absolute atomic E-state index is 0.0427. The Morgan fingerprint density at radius 3 is 2.33 bits per heavy atom. The fraction of sp³-hybridized carbons (Fsp3) is 0.0870. The molecule has 1 heterocycles. The van der Waals surface area contributed by atoms with Crippen LogP contribution in [0.5, 0.6) is 11.5 Å². The maximum absolute atomic E-state index is 13.4. The highest BCUT2D eigenvalue weighted by Gasteiger charge is 2.25. The molecule has 0 aliphatic carbocycles. The Morgan fingerprint density at radius 2 is 1.70 bits per heavy atom. The summed E-state index contributed by atoms with van der Waals surface area (Å²) in [5.74, 6) is -0.574. The minimum Gasteiger partial charge on any atom is -0.452 e. The minimum atomic E-state index is -0.817. The lowest BCUT2D eigenvalue weighted by Crippen LogP contribution is -2.08. The molecule has 4 rings (SSSR count). The highest BCUT2D eigenvalue weighted by molar-refractivity contribution is 6.30. The van der Waals surface area contributed by atoms with Crippen LogP contribution in [0.25, 0.3) is 22.3 Å². The molecule has 0 aliphatic heterocycles. The van der Waals surface area contributed by atoms with Crippen molar-refractivity contribution in [2.24, 2.45) is 0 Å². The van der Waals surface area contributed by atoms with Crippen molar-refractivity contribution < 1.29 is 19.0 Å². The molecule has 0 amide bonds. The number of non-ortho nitro benzene ring substituents is 1. The Balaban J connectivity index is 1.97. The van der Waals surface area contributed by atoms with Gasteiger partial charge in [0.2, 0.25) is 16.9 Å². The standard InChI is InChI=1S/C23H15ClN2O7/c1-2-13-3-9-19-17(11-13)21(27)23(22(32-19)14-4-6-15(24)7-5-14)33-20-10-8-16(25(28)29)12-18(20)26(30)31/h3-12H,2H2,1H3. The lowest BCUT2D eigenvalue weighted by molar-refractivity contribution is -0.394. The van der Waals surface area contributed by atoms with Gasteiger partial charge in [0.15, 0.2) is 5.76 Å². The van der Waals surface area contributed by atoms with Crippen molar-refractivity contribution in [2.75, 3.05) is 0 Å². The molecule has 0 aliphatic rings. The first-order valence-electron chi connectivity index (χ1n) is 9.75. The van der Waals surface area contributed by atoms with E-state index >= 15 is 0 Å². The Labute approximate surface area is 191 Å². The third kappa shape index (κ3) is 4.26. The third-order valence-electron chi connectivity index (χ3n) is 4.99. The SMILES string of the molecule is CCc1ccc2oc(-c3ccc(Cl)cc3)c(Oc3ccc([N+](=O)[O-])cc3[N+](=O)[O-])c(=O)c2c1. The van der Waals surface area contributed by atoms with Crippen molar-refractivity contribution in [3.63, 3.8) is 0 Å². The van der Waals surface area contributed by atoms with Crippen molar-refractivity contribution in [3.05, 3.63) is 102 Å². The number of rotatable bonds is 6. The molecule has 0 saturated heterocycles. The molecule has 1 aromatic heterocycles. The lowest BCUT2D eigenvalue weighted by atomic mass is 10.1. The lowest BCUT2D eigenvalue weighted by Gasteiger charge is -2.12. The van der Waals surface area contributed by atoms with E-state index in [0.717, 1.165) is 23.8 Å². The Morgan fingerprint density at radius 1 is 0.970 bits per heavy atom. The summed E-state index contributed by atoms with van der Waals surface area (Å²) in [6, 6.07) is 14.5. The molecule has 3 aromatic carbocycles. The van der Waals surface area contributed by atoms with Crippen LogP contribution in [0, 0.1) is 20.2 Å². The van der Waals surface area contributed by atoms with Gasteiger partial charge in [0.25, 0.3) is 5.69 Å². The molecule has 4 aromatic rings. The summed E-state index contributed by atoms with van der Waals surface area (Å²) in [4.78, 5) is 34.4. The van der Waals surface area contributed by atoms with Crippen LogP contribution in [0.4, 0.5) is 11.4 Å². The van der Waals surface area contributed by atoms with E-state index in [4.69, 9.17) is 20.8 Å². The molecule has 0 N–H and O–H groups in total. The molecule has 0 saturated carbocycles.